The lowest BCUT2D eigenvalue weighted by Crippen LogP contribution is -1.96. The second kappa shape index (κ2) is 2.34. The Morgan fingerprint density at radius 1 is 1.18 bits per heavy atom. The predicted molar refractivity (Wildman–Crippen MR) is 32.4 cm³/mol. The Kier molecular flexibility index (Phi) is 1.64. The molecule has 5 heteroatoms. The molecular formula is C6H4F3NO. The van der Waals surface area contributed by atoms with Crippen molar-refractivity contribution in [2.24, 2.45) is 0 Å². The van der Waals surface area contributed by atoms with Crippen molar-refractivity contribution in [1.29, 1.82) is 0 Å². The van der Waals surface area contributed by atoms with Crippen LogP contribution in [0, 0.1) is 17.5 Å². The zero-order chi connectivity index (χ0) is 8.59. The summed E-state index contributed by atoms with van der Waals surface area (Å²) in [5.41, 5.74) is 4.16. The molecule has 0 unspecified atom stereocenters. The number of rotatable bonds is 0. The second-order valence-corrected chi connectivity index (χ2v) is 1.92. The molecule has 0 atom stereocenters. The molecule has 11 heavy (non-hydrogen) atoms. The van der Waals surface area contributed by atoms with Crippen LogP contribution >= 0.6 is 0 Å². The van der Waals surface area contributed by atoms with Crippen LogP contribution in [0.25, 0.3) is 0 Å². The average Bonchev–Trinajstić information content (AvgIpc) is 1.97. The van der Waals surface area contributed by atoms with Gasteiger partial charge in [-0.15, -0.1) is 0 Å². The fourth-order valence-electron chi connectivity index (χ4n) is 0.604. The van der Waals surface area contributed by atoms with Crippen molar-refractivity contribution >= 4 is 5.69 Å². The molecule has 0 radical (unpaired) electrons. The van der Waals surface area contributed by atoms with Crippen LogP contribution in [0.1, 0.15) is 0 Å². The van der Waals surface area contributed by atoms with E-state index in [1.807, 2.05) is 0 Å². The van der Waals surface area contributed by atoms with Crippen molar-refractivity contribution in [2.75, 3.05) is 5.73 Å². The molecule has 0 amide bonds. The van der Waals surface area contributed by atoms with Gasteiger partial charge in [0.05, 0.1) is 5.69 Å². The van der Waals surface area contributed by atoms with Crippen LogP contribution in [0.5, 0.6) is 5.75 Å². The van der Waals surface area contributed by atoms with Gasteiger partial charge in [-0.2, -0.15) is 4.39 Å². The lowest BCUT2D eigenvalue weighted by molar-refractivity contribution is 0.378. The lowest BCUT2D eigenvalue weighted by atomic mass is 10.2. The van der Waals surface area contributed by atoms with Crippen LogP contribution in [-0.4, -0.2) is 5.11 Å². The maximum absolute atomic E-state index is 12.3. The minimum Gasteiger partial charge on any atom is -0.503 e. The topological polar surface area (TPSA) is 46.2 Å². The molecular weight excluding hydrogens is 159 g/mol. The van der Waals surface area contributed by atoms with Crippen LogP contribution in [-0.2, 0) is 0 Å². The molecule has 0 aliphatic heterocycles. The third kappa shape index (κ3) is 1.09. The van der Waals surface area contributed by atoms with Gasteiger partial charge in [-0.3, -0.25) is 0 Å². The number of phenols is 1. The SMILES string of the molecule is Nc1cc(F)c(O)c(F)c1F. The molecule has 2 nitrogen and oxygen atoms in total. The Morgan fingerprint density at radius 2 is 1.73 bits per heavy atom. The van der Waals surface area contributed by atoms with Crippen molar-refractivity contribution < 1.29 is 18.3 Å². The molecule has 0 aliphatic rings. The molecule has 0 heterocycles. The highest BCUT2D eigenvalue weighted by Crippen LogP contribution is 2.26. The molecule has 0 aliphatic carbocycles. The zero-order valence-electron chi connectivity index (χ0n) is 5.24. The average molecular weight is 163 g/mol. The summed E-state index contributed by atoms with van der Waals surface area (Å²) in [5, 5.41) is 8.47. The van der Waals surface area contributed by atoms with Crippen molar-refractivity contribution in [3.8, 4) is 5.75 Å². The van der Waals surface area contributed by atoms with Crippen LogP contribution in [0.15, 0.2) is 6.07 Å². The molecule has 0 saturated heterocycles. The Morgan fingerprint density at radius 3 is 2.27 bits per heavy atom. The van der Waals surface area contributed by atoms with Crippen molar-refractivity contribution in [3.63, 3.8) is 0 Å². The first kappa shape index (κ1) is 7.71. The zero-order valence-corrected chi connectivity index (χ0v) is 5.24. The summed E-state index contributed by atoms with van der Waals surface area (Å²) in [5.74, 6) is -5.73. The van der Waals surface area contributed by atoms with Gasteiger partial charge in [0.1, 0.15) is 0 Å². The number of nitrogen functional groups attached to an aromatic ring is 1. The predicted octanol–water partition coefficient (Wildman–Crippen LogP) is 1.39. The van der Waals surface area contributed by atoms with Gasteiger partial charge >= 0.3 is 0 Å². The Labute approximate surface area is 60.1 Å². The van der Waals surface area contributed by atoms with Gasteiger partial charge in [-0.25, -0.2) is 8.78 Å². The number of aromatic hydroxyl groups is 1. The van der Waals surface area contributed by atoms with E-state index >= 15 is 0 Å². The van der Waals surface area contributed by atoms with Crippen LogP contribution in [0.2, 0.25) is 0 Å². The maximum Gasteiger partial charge on any atom is 0.205 e. The normalized spacial score (nSPS) is 10.1. The first-order chi connectivity index (χ1) is 5.04. The van der Waals surface area contributed by atoms with E-state index in [0.29, 0.717) is 6.07 Å². The molecule has 1 aromatic rings. The van der Waals surface area contributed by atoms with Gasteiger partial charge in [0.2, 0.25) is 5.82 Å². The van der Waals surface area contributed by atoms with Gasteiger partial charge in [-0.1, -0.05) is 0 Å². The Hall–Kier alpha value is -1.39. The van der Waals surface area contributed by atoms with E-state index in [4.69, 9.17) is 10.8 Å². The number of hydrogen-bond acceptors (Lipinski definition) is 2. The molecule has 0 spiro atoms. The lowest BCUT2D eigenvalue weighted by Gasteiger charge is -2.00. The van der Waals surface area contributed by atoms with Gasteiger partial charge in [0, 0.05) is 6.07 Å². The van der Waals surface area contributed by atoms with Crippen LogP contribution < -0.4 is 5.73 Å². The highest BCUT2D eigenvalue weighted by molar-refractivity contribution is 5.45. The van der Waals surface area contributed by atoms with Crippen molar-refractivity contribution in [2.45, 2.75) is 0 Å². The third-order valence-corrected chi connectivity index (χ3v) is 1.16. The van der Waals surface area contributed by atoms with E-state index in [1.165, 1.54) is 0 Å². The van der Waals surface area contributed by atoms with Gasteiger partial charge in [0.15, 0.2) is 17.4 Å². The van der Waals surface area contributed by atoms with Gasteiger partial charge in [0.25, 0.3) is 0 Å². The molecule has 1 rings (SSSR count). The number of halogens is 3. The summed E-state index contributed by atoms with van der Waals surface area (Å²) < 4.78 is 36.9. The monoisotopic (exact) mass is 163 g/mol. The molecule has 1 aromatic carbocycles. The van der Waals surface area contributed by atoms with Gasteiger partial charge in [-0.05, 0) is 0 Å². The summed E-state index contributed by atoms with van der Waals surface area (Å²) in [6, 6.07) is 0.508. The summed E-state index contributed by atoms with van der Waals surface area (Å²) >= 11 is 0. The fourth-order valence-corrected chi connectivity index (χ4v) is 0.604. The summed E-state index contributed by atoms with van der Waals surface area (Å²) in [4.78, 5) is 0. The number of hydrogen-bond donors (Lipinski definition) is 2. The molecule has 0 bridgehead atoms. The largest absolute Gasteiger partial charge is 0.503 e. The summed E-state index contributed by atoms with van der Waals surface area (Å²) in [7, 11) is 0. The quantitative estimate of drug-likeness (QED) is 0.345. The highest BCUT2D eigenvalue weighted by atomic mass is 19.2. The number of anilines is 1. The molecule has 0 saturated carbocycles. The third-order valence-electron chi connectivity index (χ3n) is 1.16. The van der Waals surface area contributed by atoms with Crippen LogP contribution in [0.4, 0.5) is 18.9 Å². The first-order valence-electron chi connectivity index (χ1n) is 2.66. The summed E-state index contributed by atoms with van der Waals surface area (Å²) in [6.07, 6.45) is 0. The van der Waals surface area contributed by atoms with Crippen molar-refractivity contribution in [1.82, 2.24) is 0 Å². The van der Waals surface area contributed by atoms with E-state index in [9.17, 15) is 13.2 Å². The summed E-state index contributed by atoms with van der Waals surface area (Å²) in [6.45, 7) is 0. The highest BCUT2D eigenvalue weighted by Gasteiger charge is 2.15. The molecule has 3 N–H and O–H groups in total. The Balaban J connectivity index is 3.46. The first-order valence-corrected chi connectivity index (χ1v) is 2.66. The standard InChI is InChI=1S/C6H4F3NO/c7-2-1-3(10)4(8)5(9)6(2)11/h1,11H,10H2. The Bertz CT molecular complexity index is 274. The van der Waals surface area contributed by atoms with E-state index in [-0.39, 0.29) is 0 Å². The smallest absolute Gasteiger partial charge is 0.205 e. The van der Waals surface area contributed by atoms with Crippen molar-refractivity contribution in [3.05, 3.63) is 23.5 Å². The van der Waals surface area contributed by atoms with Crippen LogP contribution in [0.3, 0.4) is 0 Å². The maximum atomic E-state index is 12.3. The number of benzene rings is 1. The molecule has 60 valence electrons. The van der Waals surface area contributed by atoms with E-state index in [2.05, 4.69) is 0 Å². The second-order valence-electron chi connectivity index (χ2n) is 1.92. The fraction of sp³-hybridized carbons (Fsp3) is 0. The van der Waals surface area contributed by atoms with Gasteiger partial charge < -0.3 is 10.8 Å². The minimum atomic E-state index is -1.66. The van der Waals surface area contributed by atoms with E-state index in [1.54, 1.807) is 0 Å². The molecule has 0 aromatic heterocycles. The van der Waals surface area contributed by atoms with E-state index < -0.39 is 28.9 Å². The molecule has 0 fully saturated rings. The number of nitrogens with two attached hydrogens (primary N) is 1. The van der Waals surface area contributed by atoms with E-state index in [0.717, 1.165) is 0 Å². The minimum absolute atomic E-state index is 0.508. The number of phenolic OH excluding ortho intramolecular Hbond substituents is 1.